The average Bonchev–Trinajstić information content (AvgIpc) is 2.81. The Bertz CT molecular complexity index is 381. The molecule has 0 aromatic carbocycles. The van der Waals surface area contributed by atoms with Gasteiger partial charge in [0.05, 0.1) is 5.69 Å². The van der Waals surface area contributed by atoms with Gasteiger partial charge < -0.3 is 5.11 Å². The number of aliphatic hydroxyl groups is 1. The Morgan fingerprint density at radius 1 is 1.44 bits per heavy atom. The lowest BCUT2D eigenvalue weighted by Crippen LogP contribution is -2.24. The largest absolute Gasteiger partial charge is 0.396 e. The molecule has 0 radical (unpaired) electrons. The summed E-state index contributed by atoms with van der Waals surface area (Å²) in [5, 5.41) is 14.6. The first-order valence-corrected chi connectivity index (χ1v) is 6.25. The fraction of sp³-hybridized carbons (Fsp3) is 0.750. The molecule has 1 aromatic heterocycles. The summed E-state index contributed by atoms with van der Waals surface area (Å²) in [5.41, 5.74) is 2.16. The maximum Gasteiger partial charge on any atom is 0.130 e. The number of rotatable bonds is 3. The standard InChI is InChI=1S/C12H19ClN2O/c1-9-10(11(13)15(2)14-9)7-12(8-16)5-3-4-6-12/h16H,3-8H2,1-2H3. The molecule has 3 nitrogen and oxygen atoms in total. The number of hydrogen-bond acceptors (Lipinski definition) is 2. The van der Waals surface area contributed by atoms with Crippen molar-refractivity contribution in [3.05, 3.63) is 16.4 Å². The highest BCUT2D eigenvalue weighted by Crippen LogP contribution is 2.42. The van der Waals surface area contributed by atoms with Gasteiger partial charge in [0.15, 0.2) is 0 Å². The molecule has 0 saturated heterocycles. The molecule has 1 N–H and O–H groups in total. The highest BCUT2D eigenvalue weighted by Gasteiger charge is 2.35. The van der Waals surface area contributed by atoms with Gasteiger partial charge in [0, 0.05) is 19.2 Å². The molecule has 4 heteroatoms. The molecule has 2 rings (SSSR count). The van der Waals surface area contributed by atoms with Gasteiger partial charge in [-0.05, 0) is 31.6 Å². The van der Waals surface area contributed by atoms with Crippen LogP contribution >= 0.6 is 11.6 Å². The SMILES string of the molecule is Cc1nn(C)c(Cl)c1CC1(CO)CCCC1. The van der Waals surface area contributed by atoms with Gasteiger partial charge in [-0.2, -0.15) is 5.10 Å². The molecule has 16 heavy (non-hydrogen) atoms. The fourth-order valence-electron chi connectivity index (χ4n) is 2.77. The Kier molecular flexibility index (Phi) is 3.27. The minimum absolute atomic E-state index is 0.0530. The molecule has 0 atom stereocenters. The number of halogens is 1. The molecule has 1 saturated carbocycles. The second-order valence-corrected chi connectivity index (χ2v) is 5.38. The first kappa shape index (κ1) is 11.9. The molecule has 0 unspecified atom stereocenters. The van der Waals surface area contributed by atoms with Crippen molar-refractivity contribution in [2.75, 3.05) is 6.61 Å². The Balaban J connectivity index is 2.25. The van der Waals surface area contributed by atoms with Gasteiger partial charge in [0.1, 0.15) is 5.15 Å². The minimum atomic E-state index is 0.0530. The Morgan fingerprint density at radius 3 is 2.50 bits per heavy atom. The summed E-state index contributed by atoms with van der Waals surface area (Å²) in [6.07, 6.45) is 5.51. The van der Waals surface area contributed by atoms with Crippen LogP contribution in [-0.4, -0.2) is 21.5 Å². The van der Waals surface area contributed by atoms with Crippen LogP contribution in [0.3, 0.4) is 0 Å². The smallest absolute Gasteiger partial charge is 0.130 e. The van der Waals surface area contributed by atoms with Crippen molar-refractivity contribution >= 4 is 11.6 Å². The van der Waals surface area contributed by atoms with Crippen molar-refractivity contribution in [2.45, 2.75) is 39.0 Å². The monoisotopic (exact) mass is 242 g/mol. The van der Waals surface area contributed by atoms with Crippen LogP contribution in [0.5, 0.6) is 0 Å². The fourth-order valence-corrected chi connectivity index (χ4v) is 3.01. The van der Waals surface area contributed by atoms with Gasteiger partial charge in [0.2, 0.25) is 0 Å². The quantitative estimate of drug-likeness (QED) is 0.885. The van der Waals surface area contributed by atoms with Crippen molar-refractivity contribution in [1.82, 2.24) is 9.78 Å². The van der Waals surface area contributed by atoms with Crippen LogP contribution in [0.15, 0.2) is 0 Å². The topological polar surface area (TPSA) is 38.0 Å². The number of aryl methyl sites for hydroxylation is 2. The van der Waals surface area contributed by atoms with Gasteiger partial charge in [0.25, 0.3) is 0 Å². The summed E-state index contributed by atoms with van der Waals surface area (Å²) in [6, 6.07) is 0. The van der Waals surface area contributed by atoms with Crippen LogP contribution in [0.4, 0.5) is 0 Å². The first-order valence-electron chi connectivity index (χ1n) is 5.87. The third kappa shape index (κ3) is 1.98. The molecular weight excluding hydrogens is 224 g/mol. The minimum Gasteiger partial charge on any atom is -0.396 e. The van der Waals surface area contributed by atoms with Crippen LogP contribution in [0, 0.1) is 12.3 Å². The third-order valence-electron chi connectivity index (χ3n) is 3.82. The number of hydrogen-bond donors (Lipinski definition) is 1. The summed E-state index contributed by atoms with van der Waals surface area (Å²) in [4.78, 5) is 0. The Hall–Kier alpha value is -0.540. The zero-order valence-electron chi connectivity index (χ0n) is 9.96. The van der Waals surface area contributed by atoms with E-state index in [4.69, 9.17) is 11.6 Å². The van der Waals surface area contributed by atoms with E-state index in [-0.39, 0.29) is 12.0 Å². The molecule has 0 aliphatic heterocycles. The maximum atomic E-state index is 9.60. The second-order valence-electron chi connectivity index (χ2n) is 5.02. The third-order valence-corrected chi connectivity index (χ3v) is 4.29. The Morgan fingerprint density at radius 2 is 2.06 bits per heavy atom. The van der Waals surface area contributed by atoms with Crippen LogP contribution in [0.1, 0.15) is 36.9 Å². The molecule has 0 amide bonds. The normalized spacial score (nSPS) is 19.2. The molecular formula is C12H19ClN2O. The second kappa shape index (κ2) is 4.38. The predicted molar refractivity (Wildman–Crippen MR) is 64.6 cm³/mol. The average molecular weight is 243 g/mol. The lowest BCUT2D eigenvalue weighted by molar-refractivity contribution is 0.130. The lowest BCUT2D eigenvalue weighted by atomic mass is 9.81. The zero-order chi connectivity index (χ0) is 11.8. The molecule has 90 valence electrons. The van der Waals surface area contributed by atoms with Crippen molar-refractivity contribution in [2.24, 2.45) is 12.5 Å². The van der Waals surface area contributed by atoms with E-state index < -0.39 is 0 Å². The van der Waals surface area contributed by atoms with Crippen molar-refractivity contribution < 1.29 is 5.11 Å². The van der Waals surface area contributed by atoms with Gasteiger partial charge in [-0.25, -0.2) is 0 Å². The van der Waals surface area contributed by atoms with Crippen LogP contribution in [-0.2, 0) is 13.5 Å². The van der Waals surface area contributed by atoms with Crippen molar-refractivity contribution in [3.8, 4) is 0 Å². The van der Waals surface area contributed by atoms with Gasteiger partial charge in [-0.15, -0.1) is 0 Å². The van der Waals surface area contributed by atoms with Gasteiger partial charge in [-0.1, -0.05) is 24.4 Å². The van der Waals surface area contributed by atoms with E-state index in [0.717, 1.165) is 35.7 Å². The highest BCUT2D eigenvalue weighted by molar-refractivity contribution is 6.30. The van der Waals surface area contributed by atoms with E-state index in [0.29, 0.717) is 0 Å². The van der Waals surface area contributed by atoms with E-state index in [9.17, 15) is 5.11 Å². The Labute approximate surface area is 101 Å². The number of nitrogens with zero attached hydrogens (tertiary/aromatic N) is 2. The van der Waals surface area contributed by atoms with E-state index in [2.05, 4.69) is 5.10 Å². The first-order chi connectivity index (χ1) is 7.58. The summed E-state index contributed by atoms with van der Waals surface area (Å²) in [7, 11) is 1.86. The molecule has 1 heterocycles. The molecule has 0 spiro atoms. The van der Waals surface area contributed by atoms with Crippen LogP contribution < -0.4 is 0 Å². The number of aliphatic hydroxyl groups excluding tert-OH is 1. The maximum absolute atomic E-state index is 9.60. The summed E-state index contributed by atoms with van der Waals surface area (Å²) in [5.74, 6) is 0. The van der Waals surface area contributed by atoms with Gasteiger partial charge in [-0.3, -0.25) is 4.68 Å². The molecule has 1 aliphatic carbocycles. The van der Waals surface area contributed by atoms with E-state index in [1.165, 1.54) is 12.8 Å². The molecule has 0 bridgehead atoms. The molecule has 1 aliphatic rings. The molecule has 1 aromatic rings. The van der Waals surface area contributed by atoms with Crippen molar-refractivity contribution in [3.63, 3.8) is 0 Å². The summed E-state index contributed by atoms with van der Waals surface area (Å²) >= 11 is 6.23. The highest BCUT2D eigenvalue weighted by atomic mass is 35.5. The lowest BCUT2D eigenvalue weighted by Gasteiger charge is -2.26. The summed E-state index contributed by atoms with van der Waals surface area (Å²) in [6.45, 7) is 2.25. The predicted octanol–water partition coefficient (Wildman–Crippen LogP) is 2.48. The van der Waals surface area contributed by atoms with Crippen molar-refractivity contribution in [1.29, 1.82) is 0 Å². The van der Waals surface area contributed by atoms with Gasteiger partial charge >= 0.3 is 0 Å². The van der Waals surface area contributed by atoms with E-state index in [1.807, 2.05) is 14.0 Å². The van der Waals surface area contributed by atoms with E-state index in [1.54, 1.807) is 4.68 Å². The van der Waals surface area contributed by atoms with Crippen LogP contribution in [0.2, 0.25) is 5.15 Å². The van der Waals surface area contributed by atoms with E-state index >= 15 is 0 Å². The molecule has 1 fully saturated rings. The zero-order valence-corrected chi connectivity index (χ0v) is 10.7. The summed E-state index contributed by atoms with van der Waals surface area (Å²) < 4.78 is 1.71. The number of aromatic nitrogens is 2. The van der Waals surface area contributed by atoms with Crippen LogP contribution in [0.25, 0.3) is 0 Å².